The van der Waals surface area contributed by atoms with Crippen LogP contribution in [0.5, 0.6) is 11.5 Å². The summed E-state index contributed by atoms with van der Waals surface area (Å²) in [5.41, 5.74) is 2.46. The number of carbonyl (C=O) groups is 1. The molecule has 0 unspecified atom stereocenters. The maximum Gasteiger partial charge on any atom is 0.255 e. The zero-order valence-corrected chi connectivity index (χ0v) is 16.5. The molecule has 0 fully saturated rings. The number of anilines is 1. The monoisotopic (exact) mass is 425 g/mol. The third-order valence-electron chi connectivity index (χ3n) is 3.86. The van der Waals surface area contributed by atoms with E-state index in [2.05, 4.69) is 21.2 Å². The maximum atomic E-state index is 12.4. The van der Waals surface area contributed by atoms with E-state index in [9.17, 15) is 4.79 Å². The van der Waals surface area contributed by atoms with Crippen LogP contribution in [0.25, 0.3) is 0 Å². The Morgan fingerprint density at radius 3 is 2.33 bits per heavy atom. The Kier molecular flexibility index (Phi) is 6.49. The molecular weight excluding hydrogens is 406 g/mol. The summed E-state index contributed by atoms with van der Waals surface area (Å²) < 4.78 is 12.0. The van der Waals surface area contributed by atoms with Crippen LogP contribution >= 0.6 is 15.9 Å². The number of hydrogen-bond donors (Lipinski definition) is 1. The molecule has 138 valence electrons. The van der Waals surface area contributed by atoms with Crippen molar-refractivity contribution in [2.45, 2.75) is 6.92 Å². The van der Waals surface area contributed by atoms with Crippen molar-refractivity contribution >= 4 is 27.5 Å². The summed E-state index contributed by atoms with van der Waals surface area (Å²) in [6, 6.07) is 22.5. The number of hydrogen-bond acceptors (Lipinski definition) is 3. The molecule has 3 aromatic carbocycles. The van der Waals surface area contributed by atoms with Crippen molar-refractivity contribution < 1.29 is 14.3 Å². The van der Waals surface area contributed by atoms with Gasteiger partial charge in [-0.2, -0.15) is 0 Å². The van der Waals surface area contributed by atoms with Crippen LogP contribution in [0, 0.1) is 6.92 Å². The molecule has 0 atom stereocenters. The molecule has 0 spiro atoms. The molecule has 0 aromatic heterocycles. The minimum absolute atomic E-state index is 0.168. The molecule has 0 radical (unpaired) electrons. The molecule has 1 N–H and O–H groups in total. The Morgan fingerprint density at radius 1 is 0.926 bits per heavy atom. The topological polar surface area (TPSA) is 47.6 Å². The minimum atomic E-state index is -0.168. The summed E-state index contributed by atoms with van der Waals surface area (Å²) >= 11 is 3.46. The van der Waals surface area contributed by atoms with E-state index in [4.69, 9.17) is 9.47 Å². The highest BCUT2D eigenvalue weighted by atomic mass is 79.9. The molecule has 0 aliphatic carbocycles. The number of aryl methyl sites for hydroxylation is 1. The number of para-hydroxylation sites is 1. The number of rotatable bonds is 7. The number of carbonyl (C=O) groups excluding carboxylic acids is 1. The summed E-state index contributed by atoms with van der Waals surface area (Å²) in [5, 5.41) is 2.88. The van der Waals surface area contributed by atoms with Crippen LogP contribution in [0.15, 0.2) is 77.3 Å². The van der Waals surface area contributed by atoms with Gasteiger partial charge in [-0.05, 0) is 65.3 Å². The highest BCUT2D eigenvalue weighted by molar-refractivity contribution is 9.10. The second-order valence-corrected chi connectivity index (χ2v) is 6.83. The fourth-order valence-corrected chi connectivity index (χ4v) is 2.92. The van der Waals surface area contributed by atoms with E-state index in [0.29, 0.717) is 24.5 Å². The van der Waals surface area contributed by atoms with Gasteiger partial charge in [0.2, 0.25) is 0 Å². The van der Waals surface area contributed by atoms with Crippen LogP contribution in [0.4, 0.5) is 5.69 Å². The lowest BCUT2D eigenvalue weighted by atomic mass is 10.2. The van der Waals surface area contributed by atoms with Crippen molar-refractivity contribution in [3.63, 3.8) is 0 Å². The third-order valence-corrected chi connectivity index (χ3v) is 4.48. The molecule has 1 amide bonds. The lowest BCUT2D eigenvalue weighted by molar-refractivity contribution is 0.102. The molecule has 4 nitrogen and oxygen atoms in total. The number of halogens is 1. The highest BCUT2D eigenvalue weighted by Gasteiger charge is 2.10. The Labute approximate surface area is 167 Å². The first-order chi connectivity index (χ1) is 13.1. The molecule has 3 rings (SSSR count). The Balaban J connectivity index is 1.53. The lowest BCUT2D eigenvalue weighted by Crippen LogP contribution is -2.12. The summed E-state index contributed by atoms with van der Waals surface area (Å²) in [6.45, 7) is 2.85. The molecule has 3 aromatic rings. The van der Waals surface area contributed by atoms with Crippen molar-refractivity contribution in [3.8, 4) is 11.5 Å². The third kappa shape index (κ3) is 5.59. The second-order valence-electron chi connectivity index (χ2n) is 5.98. The summed E-state index contributed by atoms with van der Waals surface area (Å²) in [4.78, 5) is 12.4. The molecule has 0 saturated heterocycles. The molecule has 0 heterocycles. The maximum absolute atomic E-state index is 12.4. The van der Waals surface area contributed by atoms with Gasteiger partial charge in [-0.1, -0.05) is 35.9 Å². The SMILES string of the molecule is Cc1ccc(NC(=O)c2ccc(OCCOc3ccccc3)c(Br)c2)cc1. The fourth-order valence-electron chi connectivity index (χ4n) is 2.43. The van der Waals surface area contributed by atoms with Crippen molar-refractivity contribution in [2.24, 2.45) is 0 Å². The van der Waals surface area contributed by atoms with E-state index < -0.39 is 0 Å². The lowest BCUT2D eigenvalue weighted by Gasteiger charge is -2.11. The standard InChI is InChI=1S/C22H20BrNO3/c1-16-7-10-18(11-8-16)24-22(25)17-9-12-21(20(23)15-17)27-14-13-26-19-5-3-2-4-6-19/h2-12,15H,13-14H2,1H3,(H,24,25). The van der Waals surface area contributed by atoms with Gasteiger partial charge in [0.25, 0.3) is 5.91 Å². The Bertz CT molecular complexity index is 895. The van der Waals surface area contributed by atoms with Crippen LogP contribution in [-0.4, -0.2) is 19.1 Å². The van der Waals surface area contributed by atoms with Gasteiger partial charge in [-0.3, -0.25) is 4.79 Å². The first-order valence-corrected chi connectivity index (χ1v) is 9.39. The Morgan fingerprint density at radius 2 is 1.63 bits per heavy atom. The first kappa shape index (κ1) is 19.0. The smallest absolute Gasteiger partial charge is 0.255 e. The zero-order valence-electron chi connectivity index (χ0n) is 14.9. The van der Waals surface area contributed by atoms with Crippen molar-refractivity contribution in [2.75, 3.05) is 18.5 Å². The zero-order chi connectivity index (χ0) is 19.1. The largest absolute Gasteiger partial charge is 0.490 e. The van der Waals surface area contributed by atoms with Crippen molar-refractivity contribution in [1.29, 1.82) is 0 Å². The average molecular weight is 426 g/mol. The van der Waals surface area contributed by atoms with Gasteiger partial charge < -0.3 is 14.8 Å². The van der Waals surface area contributed by atoms with E-state index in [0.717, 1.165) is 21.5 Å². The van der Waals surface area contributed by atoms with Crippen molar-refractivity contribution in [3.05, 3.63) is 88.4 Å². The van der Waals surface area contributed by atoms with E-state index >= 15 is 0 Å². The van der Waals surface area contributed by atoms with Crippen LogP contribution in [0.1, 0.15) is 15.9 Å². The summed E-state index contributed by atoms with van der Waals surface area (Å²) in [5.74, 6) is 1.31. The number of ether oxygens (including phenoxy) is 2. The van der Waals surface area contributed by atoms with Gasteiger partial charge >= 0.3 is 0 Å². The molecule has 27 heavy (non-hydrogen) atoms. The Hall–Kier alpha value is -2.79. The summed E-state index contributed by atoms with van der Waals surface area (Å²) in [6.07, 6.45) is 0. The van der Waals surface area contributed by atoms with Gasteiger partial charge in [-0.25, -0.2) is 0 Å². The first-order valence-electron chi connectivity index (χ1n) is 8.60. The van der Waals surface area contributed by atoms with E-state index in [-0.39, 0.29) is 5.91 Å². The number of nitrogens with one attached hydrogen (secondary N) is 1. The van der Waals surface area contributed by atoms with Gasteiger partial charge in [0, 0.05) is 11.3 Å². The highest BCUT2D eigenvalue weighted by Crippen LogP contribution is 2.26. The quantitative estimate of drug-likeness (QED) is 0.510. The van der Waals surface area contributed by atoms with Gasteiger partial charge in [0.05, 0.1) is 4.47 Å². The molecule has 0 saturated carbocycles. The molecule has 0 aliphatic rings. The summed E-state index contributed by atoms with van der Waals surface area (Å²) in [7, 11) is 0. The van der Waals surface area contributed by atoms with Crippen LogP contribution in [0.2, 0.25) is 0 Å². The minimum Gasteiger partial charge on any atom is -0.490 e. The molecule has 0 bridgehead atoms. The molecular formula is C22H20BrNO3. The second kappa shape index (κ2) is 9.24. The number of amides is 1. The molecule has 0 aliphatic heterocycles. The van der Waals surface area contributed by atoms with Crippen LogP contribution < -0.4 is 14.8 Å². The predicted octanol–water partition coefficient (Wildman–Crippen LogP) is 5.47. The van der Waals surface area contributed by atoms with Crippen LogP contribution in [-0.2, 0) is 0 Å². The average Bonchev–Trinajstić information content (AvgIpc) is 2.68. The van der Waals surface area contributed by atoms with Gasteiger partial charge in [0.1, 0.15) is 24.7 Å². The fraction of sp³-hybridized carbons (Fsp3) is 0.136. The van der Waals surface area contributed by atoms with Gasteiger partial charge in [-0.15, -0.1) is 0 Å². The van der Waals surface area contributed by atoms with E-state index in [1.54, 1.807) is 18.2 Å². The predicted molar refractivity (Wildman–Crippen MR) is 111 cm³/mol. The van der Waals surface area contributed by atoms with Crippen molar-refractivity contribution in [1.82, 2.24) is 0 Å². The van der Waals surface area contributed by atoms with E-state index in [1.807, 2.05) is 61.5 Å². The normalized spacial score (nSPS) is 10.3. The van der Waals surface area contributed by atoms with Crippen LogP contribution in [0.3, 0.4) is 0 Å². The molecule has 5 heteroatoms. The number of benzene rings is 3. The van der Waals surface area contributed by atoms with Gasteiger partial charge in [0.15, 0.2) is 0 Å². The van der Waals surface area contributed by atoms with E-state index in [1.165, 1.54) is 0 Å².